The van der Waals surface area contributed by atoms with Gasteiger partial charge in [-0.1, -0.05) is 82.3 Å². The van der Waals surface area contributed by atoms with Crippen LogP contribution >= 0.6 is 0 Å². The van der Waals surface area contributed by atoms with Gasteiger partial charge in [-0.15, -0.1) is 6.58 Å². The molecule has 0 spiro atoms. The first kappa shape index (κ1) is 31.0. The van der Waals surface area contributed by atoms with E-state index in [0.717, 1.165) is 22.3 Å². The predicted molar refractivity (Wildman–Crippen MR) is 165 cm³/mol. The Hall–Kier alpha value is -3.91. The Morgan fingerprint density at radius 2 is 1.69 bits per heavy atom. The zero-order valence-corrected chi connectivity index (χ0v) is 25.0. The number of aliphatic hydroxyl groups excluding tert-OH is 1. The molecule has 0 saturated carbocycles. The standard InChI is InChI=1S/C34H44N4O4/c1-6-22(21(4)5)16-31(39)29(15-20(2)3)38-33(40)32(42-34(35)41)28(30-18-36-19-37-30)17-27-25-13-9-7-11-23(25)24-12-8-10-14-26(24)27/h6-14,18-22,27-29,31-32,39H,1,15-17H2,2-5H3,(H2,35,41)(H,36,37)(H,38,40)/t22-,28+,29-,31+,32?/m0/s1. The number of hydrogen-bond donors (Lipinski definition) is 4. The van der Waals surface area contributed by atoms with Gasteiger partial charge in [0.25, 0.3) is 5.91 Å². The molecule has 5 N–H and O–H groups in total. The summed E-state index contributed by atoms with van der Waals surface area (Å²) in [6, 6.07) is 15.9. The lowest BCUT2D eigenvalue weighted by Gasteiger charge is -2.32. The number of allylic oxidation sites excluding steroid dienone is 1. The highest BCUT2D eigenvalue weighted by Crippen LogP contribution is 2.49. The normalized spacial score (nSPS) is 16.3. The summed E-state index contributed by atoms with van der Waals surface area (Å²) in [6.45, 7) is 12.2. The van der Waals surface area contributed by atoms with Crippen LogP contribution < -0.4 is 11.1 Å². The number of fused-ring (bicyclic) bond motifs is 3. The second-order valence-electron chi connectivity index (χ2n) is 12.1. The van der Waals surface area contributed by atoms with Gasteiger partial charge in [0.2, 0.25) is 0 Å². The van der Waals surface area contributed by atoms with Gasteiger partial charge < -0.3 is 25.9 Å². The Balaban J connectivity index is 1.67. The first-order valence-electron chi connectivity index (χ1n) is 14.8. The van der Waals surface area contributed by atoms with E-state index in [1.54, 1.807) is 12.5 Å². The number of nitrogens with one attached hydrogen (secondary N) is 2. The predicted octanol–water partition coefficient (Wildman–Crippen LogP) is 5.90. The smallest absolute Gasteiger partial charge is 0.405 e. The summed E-state index contributed by atoms with van der Waals surface area (Å²) in [5.74, 6) is -0.590. The molecule has 1 heterocycles. The summed E-state index contributed by atoms with van der Waals surface area (Å²) in [5, 5.41) is 14.3. The third kappa shape index (κ3) is 7.10. The number of benzene rings is 2. The summed E-state index contributed by atoms with van der Waals surface area (Å²) >= 11 is 0. The van der Waals surface area contributed by atoms with Gasteiger partial charge in [-0.2, -0.15) is 0 Å². The van der Waals surface area contributed by atoms with Gasteiger partial charge in [-0.05, 0) is 59.3 Å². The lowest BCUT2D eigenvalue weighted by Crippen LogP contribution is -2.51. The molecular weight excluding hydrogens is 528 g/mol. The van der Waals surface area contributed by atoms with Crippen LogP contribution in [-0.2, 0) is 9.53 Å². The van der Waals surface area contributed by atoms with Crippen LogP contribution in [0, 0.1) is 17.8 Å². The molecule has 2 amide bonds. The molecule has 0 aliphatic heterocycles. The molecule has 1 unspecified atom stereocenters. The van der Waals surface area contributed by atoms with Crippen molar-refractivity contribution in [2.24, 2.45) is 23.5 Å². The molecule has 8 heteroatoms. The molecule has 3 aromatic rings. The van der Waals surface area contributed by atoms with Crippen molar-refractivity contribution in [3.8, 4) is 11.1 Å². The molecule has 4 rings (SSSR count). The van der Waals surface area contributed by atoms with E-state index in [1.807, 2.05) is 44.2 Å². The number of H-pyrrole nitrogens is 1. The number of hydrogen-bond acceptors (Lipinski definition) is 5. The minimum Gasteiger partial charge on any atom is -0.436 e. The van der Waals surface area contributed by atoms with Crippen molar-refractivity contribution in [1.82, 2.24) is 15.3 Å². The molecule has 0 radical (unpaired) electrons. The van der Waals surface area contributed by atoms with Crippen molar-refractivity contribution in [1.29, 1.82) is 0 Å². The number of primary amides is 1. The Labute approximate surface area is 248 Å². The molecule has 1 aliphatic carbocycles. The molecule has 0 fully saturated rings. The van der Waals surface area contributed by atoms with E-state index in [1.165, 1.54) is 0 Å². The van der Waals surface area contributed by atoms with Crippen molar-refractivity contribution in [3.63, 3.8) is 0 Å². The van der Waals surface area contributed by atoms with Crippen molar-refractivity contribution >= 4 is 12.0 Å². The Morgan fingerprint density at radius 3 is 2.19 bits per heavy atom. The van der Waals surface area contributed by atoms with E-state index < -0.39 is 36.2 Å². The molecule has 224 valence electrons. The first-order chi connectivity index (χ1) is 20.1. The number of amides is 2. The lowest BCUT2D eigenvalue weighted by atomic mass is 9.82. The van der Waals surface area contributed by atoms with E-state index in [0.29, 0.717) is 30.9 Å². The highest BCUT2D eigenvalue weighted by atomic mass is 16.6. The monoisotopic (exact) mass is 572 g/mol. The van der Waals surface area contributed by atoms with Crippen LogP contribution in [0.25, 0.3) is 11.1 Å². The van der Waals surface area contributed by atoms with Gasteiger partial charge in [-0.25, -0.2) is 9.78 Å². The van der Waals surface area contributed by atoms with Crippen LogP contribution in [0.15, 0.2) is 73.7 Å². The van der Waals surface area contributed by atoms with Crippen molar-refractivity contribution in [3.05, 3.63) is 90.5 Å². The number of nitrogens with two attached hydrogens (primary N) is 1. The third-order valence-corrected chi connectivity index (χ3v) is 8.41. The van der Waals surface area contributed by atoms with Gasteiger partial charge >= 0.3 is 6.09 Å². The molecular formula is C34H44N4O4. The van der Waals surface area contributed by atoms with Gasteiger partial charge in [-0.3, -0.25) is 4.79 Å². The molecule has 2 aromatic carbocycles. The van der Waals surface area contributed by atoms with Crippen molar-refractivity contribution in [2.45, 2.75) is 77.0 Å². The lowest BCUT2D eigenvalue weighted by molar-refractivity contribution is -0.132. The summed E-state index contributed by atoms with van der Waals surface area (Å²) in [7, 11) is 0. The number of aliphatic hydroxyl groups is 1. The molecule has 8 nitrogen and oxygen atoms in total. The third-order valence-electron chi connectivity index (χ3n) is 8.41. The average Bonchev–Trinajstić information content (AvgIpc) is 3.59. The number of aromatic nitrogens is 2. The molecule has 1 aromatic heterocycles. The fourth-order valence-corrected chi connectivity index (χ4v) is 6.25. The summed E-state index contributed by atoms with van der Waals surface area (Å²) in [5.41, 5.74) is 10.7. The zero-order valence-electron chi connectivity index (χ0n) is 25.0. The van der Waals surface area contributed by atoms with Crippen LogP contribution in [-0.4, -0.2) is 45.3 Å². The molecule has 0 bridgehead atoms. The SMILES string of the molecule is C=C[C@@H](C[C@@H](O)[C@H](CC(C)C)NC(=O)C(OC(N)=O)[C@H](CC1c2ccccc2-c2ccccc21)c1c[nH]cn1)C(C)C. The number of ether oxygens (including phenoxy) is 1. The summed E-state index contributed by atoms with van der Waals surface area (Å²) in [4.78, 5) is 33.7. The Morgan fingerprint density at radius 1 is 1.07 bits per heavy atom. The second-order valence-corrected chi connectivity index (χ2v) is 12.1. The van der Waals surface area contributed by atoms with Crippen molar-refractivity contribution < 1.29 is 19.4 Å². The second kappa shape index (κ2) is 13.8. The topological polar surface area (TPSA) is 130 Å². The van der Waals surface area contributed by atoms with E-state index in [9.17, 15) is 14.7 Å². The van der Waals surface area contributed by atoms with Crippen LogP contribution in [0.4, 0.5) is 4.79 Å². The quantitative estimate of drug-likeness (QED) is 0.179. The van der Waals surface area contributed by atoms with Crippen LogP contribution in [0.2, 0.25) is 0 Å². The van der Waals surface area contributed by atoms with Crippen molar-refractivity contribution in [2.75, 3.05) is 0 Å². The van der Waals surface area contributed by atoms with Gasteiger partial charge in [0.1, 0.15) is 0 Å². The summed E-state index contributed by atoms with van der Waals surface area (Å²) < 4.78 is 5.59. The Kier molecular flexibility index (Phi) is 10.2. The van der Waals surface area contributed by atoms with Crippen LogP contribution in [0.1, 0.15) is 75.6 Å². The van der Waals surface area contributed by atoms with Crippen LogP contribution in [0.5, 0.6) is 0 Å². The number of carbonyl (C=O) groups excluding carboxylic acids is 2. The number of aromatic amines is 1. The minimum atomic E-state index is -1.26. The number of nitrogens with zero attached hydrogens (tertiary/aromatic N) is 1. The van der Waals surface area contributed by atoms with Gasteiger partial charge in [0.15, 0.2) is 6.10 Å². The number of rotatable bonds is 14. The maximum absolute atomic E-state index is 14.1. The molecule has 0 saturated heterocycles. The molecule has 5 atom stereocenters. The molecule has 1 aliphatic rings. The minimum absolute atomic E-state index is 0.0534. The van der Waals surface area contributed by atoms with E-state index in [2.05, 4.69) is 60.0 Å². The maximum Gasteiger partial charge on any atom is 0.405 e. The maximum atomic E-state index is 14.1. The van der Waals surface area contributed by atoms with E-state index in [-0.39, 0.29) is 17.8 Å². The molecule has 42 heavy (non-hydrogen) atoms. The first-order valence-corrected chi connectivity index (χ1v) is 14.8. The average molecular weight is 573 g/mol. The highest BCUT2D eigenvalue weighted by Gasteiger charge is 2.40. The van der Waals surface area contributed by atoms with E-state index >= 15 is 0 Å². The van der Waals surface area contributed by atoms with E-state index in [4.69, 9.17) is 10.5 Å². The van der Waals surface area contributed by atoms with Gasteiger partial charge in [0, 0.05) is 12.1 Å². The fraction of sp³-hybridized carbons (Fsp3) is 0.441. The fourth-order valence-electron chi connectivity index (χ4n) is 6.25. The largest absolute Gasteiger partial charge is 0.436 e. The number of carbonyl (C=O) groups is 2. The Bertz CT molecular complexity index is 1310. The number of imidazole rings is 1. The van der Waals surface area contributed by atoms with Crippen LogP contribution in [0.3, 0.4) is 0 Å². The highest BCUT2D eigenvalue weighted by molar-refractivity contribution is 5.85. The zero-order chi connectivity index (χ0) is 30.4. The summed E-state index contributed by atoms with van der Waals surface area (Å²) in [6.07, 6.45) is 3.47. The van der Waals surface area contributed by atoms with Gasteiger partial charge in [0.05, 0.1) is 30.1 Å².